The number of methoxy groups -OCH3 is 1. The number of hydrogen-bond donors (Lipinski definition) is 2. The zero-order valence-corrected chi connectivity index (χ0v) is 17.4. The van der Waals surface area contributed by atoms with Crippen LogP contribution in [0.15, 0.2) is 40.8 Å². The topological polar surface area (TPSA) is 137 Å². The van der Waals surface area contributed by atoms with Crippen molar-refractivity contribution in [1.82, 2.24) is 4.98 Å². The third-order valence-electron chi connectivity index (χ3n) is 5.45. The molecule has 0 radical (unpaired) electrons. The van der Waals surface area contributed by atoms with Crippen LogP contribution in [0.4, 0.5) is 17.4 Å². The maximum Gasteiger partial charge on any atom is 0.337 e. The number of nitro benzene ring substituents is 1. The predicted octanol–water partition coefficient (Wildman–Crippen LogP) is 4.52. The number of carbonyl (C=O) groups excluding carboxylic acids is 2. The third kappa shape index (κ3) is 4.53. The first kappa shape index (κ1) is 21.3. The number of aromatic nitrogens is 1. The van der Waals surface area contributed by atoms with Gasteiger partial charge in [-0.3, -0.25) is 20.2 Å². The van der Waals surface area contributed by atoms with Crippen LogP contribution < -0.4 is 10.6 Å². The van der Waals surface area contributed by atoms with Crippen LogP contribution in [0.3, 0.4) is 0 Å². The van der Waals surface area contributed by atoms with Crippen LogP contribution in [0.1, 0.15) is 52.8 Å². The number of carbonyl (C=O) groups is 2. The third-order valence-corrected chi connectivity index (χ3v) is 5.45. The number of esters is 1. The molecule has 3 aromatic rings. The summed E-state index contributed by atoms with van der Waals surface area (Å²) < 4.78 is 10.2. The number of amides is 1. The van der Waals surface area contributed by atoms with Crippen molar-refractivity contribution in [3.63, 3.8) is 0 Å². The lowest BCUT2D eigenvalue weighted by atomic mass is 9.95. The second kappa shape index (κ2) is 9.04. The number of oxazole rings is 1. The second-order valence-corrected chi connectivity index (χ2v) is 7.62. The van der Waals surface area contributed by atoms with Gasteiger partial charge in [-0.15, -0.1) is 0 Å². The summed E-state index contributed by atoms with van der Waals surface area (Å²) in [6, 6.07) is 8.96. The number of benzene rings is 2. The van der Waals surface area contributed by atoms with Gasteiger partial charge in [-0.2, -0.15) is 4.98 Å². The Labute approximate surface area is 183 Å². The van der Waals surface area contributed by atoms with E-state index in [0.717, 1.165) is 25.7 Å². The van der Waals surface area contributed by atoms with Crippen molar-refractivity contribution >= 4 is 40.4 Å². The van der Waals surface area contributed by atoms with E-state index in [0.29, 0.717) is 22.4 Å². The van der Waals surface area contributed by atoms with Crippen molar-refractivity contribution in [2.75, 3.05) is 17.7 Å². The Morgan fingerprint density at radius 2 is 1.88 bits per heavy atom. The summed E-state index contributed by atoms with van der Waals surface area (Å²) in [5.74, 6) is -1.12. The Morgan fingerprint density at radius 1 is 1.12 bits per heavy atom. The Balaban J connectivity index is 1.53. The summed E-state index contributed by atoms with van der Waals surface area (Å²) >= 11 is 0. The summed E-state index contributed by atoms with van der Waals surface area (Å²) in [6.45, 7) is 0. The first-order valence-electron chi connectivity index (χ1n) is 10.3. The average molecular weight is 438 g/mol. The van der Waals surface area contributed by atoms with Gasteiger partial charge in [-0.1, -0.05) is 19.3 Å². The predicted molar refractivity (Wildman–Crippen MR) is 117 cm³/mol. The molecule has 0 bridgehead atoms. The molecule has 166 valence electrons. The molecule has 1 aliphatic carbocycles. The second-order valence-electron chi connectivity index (χ2n) is 7.62. The fourth-order valence-corrected chi connectivity index (χ4v) is 3.81. The number of ether oxygens (including phenoxy) is 1. The molecule has 32 heavy (non-hydrogen) atoms. The van der Waals surface area contributed by atoms with Crippen molar-refractivity contribution in [1.29, 1.82) is 0 Å². The van der Waals surface area contributed by atoms with Gasteiger partial charge in [-0.05, 0) is 43.2 Å². The molecule has 0 spiro atoms. The van der Waals surface area contributed by atoms with Crippen LogP contribution in [0, 0.1) is 10.1 Å². The minimum atomic E-state index is -0.600. The quantitative estimate of drug-likeness (QED) is 0.326. The normalized spacial score (nSPS) is 14.2. The zero-order chi connectivity index (χ0) is 22.7. The van der Waals surface area contributed by atoms with Crippen LogP contribution in [0.2, 0.25) is 0 Å². The maximum atomic E-state index is 12.7. The molecule has 1 saturated carbocycles. The fraction of sp³-hybridized carbons (Fsp3) is 0.318. The highest BCUT2D eigenvalue weighted by Crippen LogP contribution is 2.30. The Bertz CT molecular complexity index is 1180. The highest BCUT2D eigenvalue weighted by molar-refractivity contribution is 6.04. The molecule has 1 heterocycles. The van der Waals surface area contributed by atoms with Gasteiger partial charge in [-0.25, -0.2) is 4.79 Å². The Hall–Kier alpha value is -3.95. The molecular weight excluding hydrogens is 416 g/mol. The minimum absolute atomic E-state index is 0.0842. The first-order chi connectivity index (χ1) is 15.4. The van der Waals surface area contributed by atoms with E-state index in [9.17, 15) is 19.7 Å². The molecule has 4 rings (SSSR count). The number of hydrogen-bond acceptors (Lipinski definition) is 8. The highest BCUT2D eigenvalue weighted by atomic mass is 16.6. The minimum Gasteiger partial charge on any atom is -0.465 e. The SMILES string of the molecule is COC(=O)c1ccc2oc(NC(=O)c3ccc(NC4CCCCC4)c([N+](=O)[O-])c3)nc2c1. The number of anilines is 2. The Kier molecular flexibility index (Phi) is 6.02. The molecule has 1 aromatic heterocycles. The van der Waals surface area contributed by atoms with Gasteiger partial charge in [0.2, 0.25) is 0 Å². The van der Waals surface area contributed by atoms with Gasteiger partial charge in [0.1, 0.15) is 11.2 Å². The van der Waals surface area contributed by atoms with Gasteiger partial charge in [0.05, 0.1) is 17.6 Å². The molecule has 10 nitrogen and oxygen atoms in total. The molecule has 0 atom stereocenters. The van der Waals surface area contributed by atoms with Crippen LogP contribution >= 0.6 is 0 Å². The van der Waals surface area contributed by atoms with Gasteiger partial charge in [0, 0.05) is 17.7 Å². The zero-order valence-electron chi connectivity index (χ0n) is 17.4. The van der Waals surface area contributed by atoms with E-state index in [1.807, 2.05) is 0 Å². The van der Waals surface area contributed by atoms with E-state index in [2.05, 4.69) is 20.4 Å². The summed E-state index contributed by atoms with van der Waals surface area (Å²) in [7, 11) is 1.27. The monoisotopic (exact) mass is 438 g/mol. The molecule has 1 aliphatic rings. The molecule has 1 fully saturated rings. The van der Waals surface area contributed by atoms with Crippen molar-refractivity contribution in [3.05, 3.63) is 57.6 Å². The van der Waals surface area contributed by atoms with Crippen molar-refractivity contribution in [3.8, 4) is 0 Å². The molecule has 10 heteroatoms. The summed E-state index contributed by atoms with van der Waals surface area (Å²) in [6.07, 6.45) is 5.30. The number of rotatable bonds is 6. The number of nitro groups is 1. The van der Waals surface area contributed by atoms with E-state index in [4.69, 9.17) is 4.42 Å². The maximum absolute atomic E-state index is 12.7. The summed E-state index contributed by atoms with van der Waals surface area (Å²) in [4.78, 5) is 39.6. The molecular formula is C22H22N4O6. The van der Waals surface area contributed by atoms with Crippen LogP contribution in [0.5, 0.6) is 0 Å². The van der Waals surface area contributed by atoms with Crippen LogP contribution in [0.25, 0.3) is 11.1 Å². The smallest absolute Gasteiger partial charge is 0.337 e. The molecule has 0 aliphatic heterocycles. The van der Waals surface area contributed by atoms with E-state index in [-0.39, 0.29) is 23.3 Å². The summed E-state index contributed by atoms with van der Waals surface area (Å²) in [5, 5.41) is 17.3. The lowest BCUT2D eigenvalue weighted by molar-refractivity contribution is -0.384. The first-order valence-corrected chi connectivity index (χ1v) is 10.3. The number of nitrogens with zero attached hydrogens (tertiary/aromatic N) is 2. The largest absolute Gasteiger partial charge is 0.465 e. The standard InChI is InChI=1S/C22H22N4O6/c1-31-21(28)14-8-10-19-17(11-14)24-22(32-19)25-20(27)13-7-9-16(18(12-13)26(29)30)23-15-5-3-2-4-6-15/h7-12,15,23H,2-6H2,1H3,(H,24,25,27). The van der Waals surface area contributed by atoms with E-state index >= 15 is 0 Å². The number of fused-ring (bicyclic) bond motifs is 1. The summed E-state index contributed by atoms with van der Waals surface area (Å²) in [5.41, 5.74) is 1.36. The molecule has 2 aromatic carbocycles. The molecule has 0 unspecified atom stereocenters. The van der Waals surface area contributed by atoms with Crippen molar-refractivity contribution in [2.45, 2.75) is 38.1 Å². The highest BCUT2D eigenvalue weighted by Gasteiger charge is 2.22. The van der Waals surface area contributed by atoms with Crippen LogP contribution in [-0.4, -0.2) is 34.9 Å². The van der Waals surface area contributed by atoms with Gasteiger partial charge < -0.3 is 14.5 Å². The lowest BCUT2D eigenvalue weighted by Crippen LogP contribution is -2.23. The van der Waals surface area contributed by atoms with E-state index in [1.54, 1.807) is 12.1 Å². The fourth-order valence-electron chi connectivity index (χ4n) is 3.81. The van der Waals surface area contributed by atoms with Crippen LogP contribution in [-0.2, 0) is 4.74 Å². The molecule has 2 N–H and O–H groups in total. The molecule has 0 saturated heterocycles. The van der Waals surface area contributed by atoms with E-state index < -0.39 is 16.8 Å². The van der Waals surface area contributed by atoms with Crippen molar-refractivity contribution in [2.24, 2.45) is 0 Å². The average Bonchev–Trinajstić information content (AvgIpc) is 3.20. The van der Waals surface area contributed by atoms with E-state index in [1.165, 1.54) is 37.8 Å². The Morgan fingerprint density at radius 3 is 2.59 bits per heavy atom. The number of nitrogens with one attached hydrogen (secondary N) is 2. The lowest BCUT2D eigenvalue weighted by Gasteiger charge is -2.23. The van der Waals surface area contributed by atoms with Crippen molar-refractivity contribution < 1.29 is 23.7 Å². The van der Waals surface area contributed by atoms with Gasteiger partial charge >= 0.3 is 12.0 Å². The van der Waals surface area contributed by atoms with Gasteiger partial charge in [0.25, 0.3) is 11.6 Å². The molecule has 1 amide bonds. The van der Waals surface area contributed by atoms with Gasteiger partial charge in [0.15, 0.2) is 5.58 Å².